The third kappa shape index (κ3) is 5.09. The lowest BCUT2D eigenvalue weighted by Gasteiger charge is -2.08. The maximum atomic E-state index is 13.3. The van der Waals surface area contributed by atoms with E-state index in [1.54, 1.807) is 0 Å². The molecular formula is C9H11BrFN3O4S. The summed E-state index contributed by atoms with van der Waals surface area (Å²) in [7, 11) is -3.33. The molecule has 0 saturated carbocycles. The lowest BCUT2D eigenvalue weighted by atomic mass is 10.2. The first-order valence-corrected chi connectivity index (χ1v) is 7.71. The summed E-state index contributed by atoms with van der Waals surface area (Å²) in [5, 5.41) is 13.4. The predicted molar refractivity (Wildman–Crippen MR) is 72.1 cm³/mol. The molecule has 0 saturated heterocycles. The standard InChI is InChI=1S/C9H11BrFN3O4S/c1-19(17,18)13-3-2-12-8-5-7(11)6(10)4-9(8)14(15)16/h4-5,12-13H,2-3H2,1H3. The monoisotopic (exact) mass is 355 g/mol. The van der Waals surface area contributed by atoms with Crippen LogP contribution < -0.4 is 10.0 Å². The van der Waals surface area contributed by atoms with E-state index in [0.717, 1.165) is 18.4 Å². The van der Waals surface area contributed by atoms with Crippen LogP contribution in [0.5, 0.6) is 0 Å². The van der Waals surface area contributed by atoms with Gasteiger partial charge in [-0.15, -0.1) is 0 Å². The predicted octanol–water partition coefficient (Wildman–Crippen LogP) is 1.46. The summed E-state index contributed by atoms with van der Waals surface area (Å²) in [6.45, 7) is 0.128. The van der Waals surface area contributed by atoms with Crippen LogP contribution in [0.2, 0.25) is 0 Å². The summed E-state index contributed by atoms with van der Waals surface area (Å²) in [6.07, 6.45) is 0.995. The SMILES string of the molecule is CS(=O)(=O)NCCNc1cc(F)c(Br)cc1[N+](=O)[O-]. The van der Waals surface area contributed by atoms with Crippen LogP contribution in [0.1, 0.15) is 0 Å². The van der Waals surface area contributed by atoms with Gasteiger partial charge in [0, 0.05) is 25.2 Å². The molecule has 10 heteroatoms. The first-order valence-electron chi connectivity index (χ1n) is 5.02. The summed E-state index contributed by atoms with van der Waals surface area (Å²) >= 11 is 2.86. The molecule has 0 spiro atoms. The molecule has 0 heterocycles. The summed E-state index contributed by atoms with van der Waals surface area (Å²) in [5.41, 5.74) is -0.311. The van der Waals surface area contributed by atoms with E-state index in [-0.39, 0.29) is 28.9 Å². The van der Waals surface area contributed by atoms with Gasteiger partial charge in [-0.05, 0) is 15.9 Å². The van der Waals surface area contributed by atoms with E-state index in [1.807, 2.05) is 0 Å². The Kier molecular flexibility index (Phi) is 5.20. The van der Waals surface area contributed by atoms with Crippen molar-refractivity contribution < 1.29 is 17.7 Å². The van der Waals surface area contributed by atoms with Crippen LogP contribution in [0.3, 0.4) is 0 Å². The molecule has 0 aliphatic carbocycles. The zero-order valence-electron chi connectivity index (χ0n) is 9.81. The van der Waals surface area contributed by atoms with Crippen LogP contribution in [0, 0.1) is 15.9 Å². The minimum atomic E-state index is -3.33. The van der Waals surface area contributed by atoms with E-state index >= 15 is 0 Å². The average Bonchev–Trinajstić information content (AvgIpc) is 2.27. The van der Waals surface area contributed by atoms with Crippen molar-refractivity contribution in [2.75, 3.05) is 24.7 Å². The molecule has 0 aliphatic heterocycles. The van der Waals surface area contributed by atoms with E-state index in [9.17, 15) is 22.9 Å². The molecule has 0 bridgehead atoms. The van der Waals surface area contributed by atoms with Crippen LogP contribution in [0.15, 0.2) is 16.6 Å². The highest BCUT2D eigenvalue weighted by Gasteiger charge is 2.17. The minimum Gasteiger partial charge on any atom is -0.378 e. The van der Waals surface area contributed by atoms with Gasteiger partial charge in [-0.2, -0.15) is 0 Å². The highest BCUT2D eigenvalue weighted by molar-refractivity contribution is 9.10. The number of hydrogen-bond donors (Lipinski definition) is 2. The van der Waals surface area contributed by atoms with E-state index in [1.165, 1.54) is 0 Å². The molecule has 106 valence electrons. The highest BCUT2D eigenvalue weighted by Crippen LogP contribution is 2.30. The second kappa shape index (κ2) is 6.26. The molecule has 7 nitrogen and oxygen atoms in total. The molecule has 1 aromatic rings. The molecule has 0 atom stereocenters. The van der Waals surface area contributed by atoms with Gasteiger partial charge in [-0.3, -0.25) is 10.1 Å². The van der Waals surface area contributed by atoms with E-state index in [4.69, 9.17) is 0 Å². The van der Waals surface area contributed by atoms with Gasteiger partial charge in [0.25, 0.3) is 5.69 Å². The van der Waals surface area contributed by atoms with Gasteiger partial charge in [0.1, 0.15) is 11.5 Å². The zero-order chi connectivity index (χ0) is 14.6. The minimum absolute atomic E-state index is 0.0130. The van der Waals surface area contributed by atoms with Crippen LogP contribution >= 0.6 is 15.9 Å². The van der Waals surface area contributed by atoms with Gasteiger partial charge in [0.15, 0.2) is 0 Å². The molecule has 0 unspecified atom stereocenters. The van der Waals surface area contributed by atoms with Crippen LogP contribution in [0.25, 0.3) is 0 Å². The highest BCUT2D eigenvalue weighted by atomic mass is 79.9. The molecule has 2 N–H and O–H groups in total. The number of nitro benzene ring substituents is 1. The zero-order valence-corrected chi connectivity index (χ0v) is 12.2. The van der Waals surface area contributed by atoms with Gasteiger partial charge in [0.2, 0.25) is 10.0 Å². The number of nitrogens with one attached hydrogen (secondary N) is 2. The van der Waals surface area contributed by atoms with Gasteiger partial charge >= 0.3 is 0 Å². The van der Waals surface area contributed by atoms with E-state index in [2.05, 4.69) is 26.0 Å². The summed E-state index contributed by atoms with van der Waals surface area (Å²) in [5.74, 6) is -0.649. The first kappa shape index (κ1) is 15.8. The fourth-order valence-electron chi connectivity index (χ4n) is 1.26. The maximum absolute atomic E-state index is 13.3. The van der Waals surface area contributed by atoms with Gasteiger partial charge in [-0.1, -0.05) is 0 Å². The van der Waals surface area contributed by atoms with Crippen molar-refractivity contribution in [3.05, 3.63) is 32.5 Å². The smallest absolute Gasteiger partial charge is 0.293 e. The van der Waals surface area contributed by atoms with Crippen molar-refractivity contribution >= 4 is 37.3 Å². The van der Waals surface area contributed by atoms with Crippen molar-refractivity contribution in [3.63, 3.8) is 0 Å². The first-order chi connectivity index (χ1) is 8.70. The molecule has 0 fully saturated rings. The Morgan fingerprint density at radius 2 is 2.05 bits per heavy atom. The van der Waals surface area contributed by atoms with Crippen molar-refractivity contribution in [1.82, 2.24) is 4.72 Å². The summed E-state index contributed by atoms with van der Waals surface area (Å²) in [4.78, 5) is 10.1. The van der Waals surface area contributed by atoms with E-state index in [0.29, 0.717) is 0 Å². The summed E-state index contributed by atoms with van der Waals surface area (Å²) < 4.78 is 37.1. The Labute approximate surface area is 117 Å². The molecule has 0 radical (unpaired) electrons. The molecule has 0 aliphatic rings. The number of nitro groups is 1. The van der Waals surface area contributed by atoms with Crippen LogP contribution in [0.4, 0.5) is 15.8 Å². The van der Waals surface area contributed by atoms with Crippen molar-refractivity contribution in [1.29, 1.82) is 0 Å². The largest absolute Gasteiger partial charge is 0.378 e. The van der Waals surface area contributed by atoms with Crippen molar-refractivity contribution in [3.8, 4) is 0 Å². The molecular weight excluding hydrogens is 345 g/mol. The third-order valence-corrected chi connectivity index (χ3v) is 3.38. The Morgan fingerprint density at radius 1 is 1.42 bits per heavy atom. The molecule has 1 aromatic carbocycles. The fraction of sp³-hybridized carbons (Fsp3) is 0.333. The second-order valence-electron chi connectivity index (χ2n) is 3.63. The van der Waals surface area contributed by atoms with Crippen LogP contribution in [-0.4, -0.2) is 32.7 Å². The normalized spacial score (nSPS) is 11.3. The third-order valence-electron chi connectivity index (χ3n) is 2.04. The van der Waals surface area contributed by atoms with E-state index < -0.39 is 20.8 Å². The van der Waals surface area contributed by atoms with Gasteiger partial charge < -0.3 is 5.32 Å². The number of sulfonamides is 1. The number of benzene rings is 1. The quantitative estimate of drug-likeness (QED) is 0.457. The summed E-state index contributed by atoms with van der Waals surface area (Å²) in [6, 6.07) is 2.02. The Morgan fingerprint density at radius 3 is 2.58 bits per heavy atom. The Hall–Kier alpha value is -1.26. The van der Waals surface area contributed by atoms with Crippen LogP contribution in [-0.2, 0) is 10.0 Å². The van der Waals surface area contributed by atoms with Crippen molar-refractivity contribution in [2.45, 2.75) is 0 Å². The number of rotatable bonds is 6. The molecule has 0 aromatic heterocycles. The molecule has 0 amide bonds. The maximum Gasteiger partial charge on any atom is 0.293 e. The number of anilines is 1. The Bertz CT molecular complexity index is 593. The molecule has 19 heavy (non-hydrogen) atoms. The number of nitrogens with zero attached hydrogens (tertiary/aromatic N) is 1. The lowest BCUT2D eigenvalue weighted by Crippen LogP contribution is -2.27. The number of halogens is 2. The fourth-order valence-corrected chi connectivity index (χ4v) is 2.07. The average molecular weight is 356 g/mol. The topological polar surface area (TPSA) is 101 Å². The lowest BCUT2D eigenvalue weighted by molar-refractivity contribution is -0.384. The number of hydrogen-bond acceptors (Lipinski definition) is 5. The molecule has 1 rings (SSSR count). The van der Waals surface area contributed by atoms with Crippen molar-refractivity contribution in [2.24, 2.45) is 0 Å². The van der Waals surface area contributed by atoms with Gasteiger partial charge in [-0.25, -0.2) is 17.5 Å². The Balaban J connectivity index is 2.77. The van der Waals surface area contributed by atoms with Gasteiger partial charge in [0.05, 0.1) is 15.7 Å². The second-order valence-corrected chi connectivity index (χ2v) is 6.32.